The van der Waals surface area contributed by atoms with Crippen molar-refractivity contribution < 1.29 is 38.1 Å². The van der Waals surface area contributed by atoms with Crippen molar-refractivity contribution in [3.05, 3.63) is 47.5 Å². The van der Waals surface area contributed by atoms with Crippen molar-refractivity contribution in [2.24, 2.45) is 0 Å². The maximum Gasteiger partial charge on any atom is 0.338 e. The van der Waals surface area contributed by atoms with Crippen LogP contribution in [0.3, 0.4) is 0 Å². The molecule has 0 aliphatic carbocycles. The van der Waals surface area contributed by atoms with Gasteiger partial charge in [-0.3, -0.25) is 9.59 Å². The van der Waals surface area contributed by atoms with E-state index in [9.17, 15) is 19.2 Å². The lowest BCUT2D eigenvalue weighted by Gasteiger charge is -2.14. The molecule has 0 aliphatic rings. The number of methoxy groups -OCH3 is 2. The number of hydrogen-bond acceptors (Lipinski definition) is 8. The maximum absolute atomic E-state index is 12.3. The highest BCUT2D eigenvalue weighted by Crippen LogP contribution is 2.33. The zero-order valence-corrected chi connectivity index (χ0v) is 15.7. The quantitative estimate of drug-likeness (QED) is 0.571. The summed E-state index contributed by atoms with van der Waals surface area (Å²) in [6.45, 7) is 2.46. The highest BCUT2D eigenvalue weighted by Gasteiger charge is 2.21. The van der Waals surface area contributed by atoms with Gasteiger partial charge in [0.2, 0.25) is 0 Å². The van der Waals surface area contributed by atoms with Gasteiger partial charge in [-0.05, 0) is 47.5 Å². The Morgan fingerprint density at radius 2 is 1.00 bits per heavy atom. The molecule has 0 fully saturated rings. The molecule has 0 saturated carbocycles. The fourth-order valence-electron chi connectivity index (χ4n) is 2.53. The van der Waals surface area contributed by atoms with E-state index in [4.69, 9.17) is 18.9 Å². The van der Waals surface area contributed by atoms with E-state index in [0.29, 0.717) is 11.1 Å². The first kappa shape index (κ1) is 20.6. The van der Waals surface area contributed by atoms with Crippen molar-refractivity contribution in [1.82, 2.24) is 0 Å². The highest BCUT2D eigenvalue weighted by atomic mass is 16.5. The molecule has 0 N–H and O–H groups in total. The second-order valence-corrected chi connectivity index (χ2v) is 5.59. The van der Waals surface area contributed by atoms with Gasteiger partial charge in [-0.2, -0.15) is 0 Å². The molecule has 2 aromatic carbocycles. The summed E-state index contributed by atoms with van der Waals surface area (Å²) in [6.07, 6.45) is 0. The molecule has 0 amide bonds. The number of carbonyl (C=O) groups is 4. The van der Waals surface area contributed by atoms with Crippen LogP contribution in [-0.4, -0.2) is 38.1 Å². The van der Waals surface area contributed by atoms with Crippen LogP contribution in [0, 0.1) is 0 Å². The largest absolute Gasteiger partial charge is 0.465 e. The van der Waals surface area contributed by atoms with Crippen LogP contribution < -0.4 is 9.47 Å². The number of hydrogen-bond donors (Lipinski definition) is 0. The lowest BCUT2D eigenvalue weighted by Crippen LogP contribution is -2.10. The fourth-order valence-corrected chi connectivity index (χ4v) is 2.53. The van der Waals surface area contributed by atoms with E-state index in [2.05, 4.69) is 0 Å². The van der Waals surface area contributed by atoms with E-state index in [1.807, 2.05) is 0 Å². The molecular formula is C20H18O8. The average molecular weight is 386 g/mol. The van der Waals surface area contributed by atoms with Crippen molar-refractivity contribution >= 4 is 23.9 Å². The molecule has 0 aromatic heterocycles. The van der Waals surface area contributed by atoms with Gasteiger partial charge in [-0.1, -0.05) is 0 Å². The van der Waals surface area contributed by atoms with Crippen LogP contribution in [0.2, 0.25) is 0 Å². The first-order valence-corrected chi connectivity index (χ1v) is 8.08. The third-order valence-electron chi connectivity index (χ3n) is 3.61. The van der Waals surface area contributed by atoms with Crippen molar-refractivity contribution in [2.75, 3.05) is 14.2 Å². The fraction of sp³-hybridized carbons (Fsp3) is 0.200. The Hall–Kier alpha value is -3.68. The lowest BCUT2D eigenvalue weighted by atomic mass is 9.94. The molecule has 146 valence electrons. The SMILES string of the molecule is COC(=O)c1cc(OC(C)=O)ccc1-c1ccc(OC(C)=O)cc1C(=O)OC. The summed E-state index contributed by atoms with van der Waals surface area (Å²) in [5.74, 6) is -2.19. The van der Waals surface area contributed by atoms with Gasteiger partial charge in [-0.25, -0.2) is 9.59 Å². The molecule has 0 atom stereocenters. The summed E-state index contributed by atoms with van der Waals surface area (Å²) in [5.41, 5.74) is 0.841. The molecule has 0 unspecified atom stereocenters. The van der Waals surface area contributed by atoms with Gasteiger partial charge >= 0.3 is 23.9 Å². The van der Waals surface area contributed by atoms with E-state index in [0.717, 1.165) is 0 Å². The zero-order chi connectivity index (χ0) is 20.8. The molecule has 0 aliphatic heterocycles. The molecule has 0 heterocycles. The topological polar surface area (TPSA) is 105 Å². The maximum atomic E-state index is 12.3. The Morgan fingerprint density at radius 3 is 1.29 bits per heavy atom. The number of ether oxygens (including phenoxy) is 4. The Morgan fingerprint density at radius 1 is 0.643 bits per heavy atom. The van der Waals surface area contributed by atoms with Crippen molar-refractivity contribution in [1.29, 1.82) is 0 Å². The summed E-state index contributed by atoms with van der Waals surface area (Å²) >= 11 is 0. The Bertz CT molecular complexity index is 868. The van der Waals surface area contributed by atoms with Gasteiger partial charge < -0.3 is 18.9 Å². The zero-order valence-electron chi connectivity index (χ0n) is 15.7. The number of esters is 4. The van der Waals surface area contributed by atoms with Crippen molar-refractivity contribution in [2.45, 2.75) is 13.8 Å². The van der Waals surface area contributed by atoms with Crippen LogP contribution in [0.25, 0.3) is 11.1 Å². The van der Waals surface area contributed by atoms with Crippen LogP contribution in [0.1, 0.15) is 34.6 Å². The molecule has 0 saturated heterocycles. The smallest absolute Gasteiger partial charge is 0.338 e. The average Bonchev–Trinajstić information content (AvgIpc) is 2.65. The first-order chi connectivity index (χ1) is 13.3. The first-order valence-electron chi connectivity index (χ1n) is 8.08. The third-order valence-corrected chi connectivity index (χ3v) is 3.61. The molecule has 0 spiro atoms. The highest BCUT2D eigenvalue weighted by molar-refractivity contribution is 6.03. The minimum Gasteiger partial charge on any atom is -0.465 e. The number of benzene rings is 2. The summed E-state index contributed by atoms with van der Waals surface area (Å²) in [6, 6.07) is 8.65. The summed E-state index contributed by atoms with van der Waals surface area (Å²) in [4.78, 5) is 46.9. The van der Waals surface area contributed by atoms with Gasteiger partial charge in [0.1, 0.15) is 11.5 Å². The van der Waals surface area contributed by atoms with Crippen LogP contribution in [0.15, 0.2) is 36.4 Å². The van der Waals surface area contributed by atoms with Gasteiger partial charge in [-0.15, -0.1) is 0 Å². The standard InChI is InChI=1S/C20H18O8/c1-11(21)27-13-5-7-15(17(9-13)19(23)25-3)16-8-6-14(28-12(2)22)10-18(16)20(24)26-4/h5-10H,1-4H3. The molecule has 28 heavy (non-hydrogen) atoms. The van der Waals surface area contributed by atoms with E-state index in [-0.39, 0.29) is 22.6 Å². The van der Waals surface area contributed by atoms with Gasteiger partial charge in [0.05, 0.1) is 25.3 Å². The minimum absolute atomic E-state index is 0.0756. The second-order valence-electron chi connectivity index (χ2n) is 5.59. The molecule has 8 nitrogen and oxygen atoms in total. The number of carbonyl (C=O) groups excluding carboxylic acids is 4. The summed E-state index contributed by atoms with van der Waals surface area (Å²) < 4.78 is 19.6. The van der Waals surface area contributed by atoms with Crippen LogP contribution in [0.5, 0.6) is 11.5 Å². The van der Waals surface area contributed by atoms with E-state index < -0.39 is 23.9 Å². The molecule has 2 aromatic rings. The van der Waals surface area contributed by atoms with Crippen LogP contribution in [-0.2, 0) is 19.1 Å². The van der Waals surface area contributed by atoms with Crippen molar-refractivity contribution in [3.63, 3.8) is 0 Å². The minimum atomic E-state index is -0.691. The monoisotopic (exact) mass is 386 g/mol. The van der Waals surface area contributed by atoms with Crippen LogP contribution >= 0.6 is 0 Å². The molecular weight excluding hydrogens is 368 g/mol. The molecule has 8 heteroatoms. The number of rotatable bonds is 5. The van der Waals surface area contributed by atoms with Crippen LogP contribution in [0.4, 0.5) is 0 Å². The summed E-state index contributed by atoms with van der Waals surface area (Å²) in [7, 11) is 2.41. The third kappa shape index (κ3) is 4.73. The second kappa shape index (κ2) is 8.81. The lowest BCUT2D eigenvalue weighted by molar-refractivity contribution is -0.132. The molecule has 2 rings (SSSR count). The Balaban J connectivity index is 2.67. The Kier molecular flexibility index (Phi) is 6.49. The predicted molar refractivity (Wildman–Crippen MR) is 97.2 cm³/mol. The van der Waals surface area contributed by atoms with Gasteiger partial charge in [0.15, 0.2) is 0 Å². The van der Waals surface area contributed by atoms with Crippen molar-refractivity contribution in [3.8, 4) is 22.6 Å². The van der Waals surface area contributed by atoms with E-state index >= 15 is 0 Å². The van der Waals surface area contributed by atoms with E-state index in [1.54, 1.807) is 0 Å². The summed E-state index contributed by atoms with van der Waals surface area (Å²) in [5, 5.41) is 0. The molecule has 0 radical (unpaired) electrons. The predicted octanol–water partition coefficient (Wildman–Crippen LogP) is 2.78. The van der Waals surface area contributed by atoms with Gasteiger partial charge in [0.25, 0.3) is 0 Å². The van der Waals surface area contributed by atoms with E-state index in [1.165, 1.54) is 64.5 Å². The Labute approximate surface area is 161 Å². The molecule has 0 bridgehead atoms. The van der Waals surface area contributed by atoms with Gasteiger partial charge in [0, 0.05) is 13.8 Å². The normalized spacial score (nSPS) is 10.0.